The Kier molecular flexibility index (Phi) is 61.4. The lowest BCUT2D eigenvalue weighted by molar-refractivity contribution is -0.143. The van der Waals surface area contributed by atoms with Crippen LogP contribution in [0.2, 0.25) is 0 Å². The number of aliphatic hydroxyl groups is 2. The number of aliphatic hydroxyl groups excluding tert-OH is 2. The molecule has 0 aliphatic carbocycles. The third-order valence-corrected chi connectivity index (χ3v) is 15.9. The van der Waals surface area contributed by atoms with E-state index in [-0.39, 0.29) is 18.5 Å². The highest BCUT2D eigenvalue weighted by atomic mass is 16.5. The van der Waals surface area contributed by atoms with Crippen molar-refractivity contribution in [3.63, 3.8) is 0 Å². The summed E-state index contributed by atoms with van der Waals surface area (Å²) >= 11 is 0. The molecule has 0 rings (SSSR count). The molecular formula is C66H131NO5. The normalized spacial score (nSPS) is 12.4. The van der Waals surface area contributed by atoms with E-state index in [1.54, 1.807) is 0 Å². The van der Waals surface area contributed by atoms with Crippen LogP contribution in [0.4, 0.5) is 0 Å². The maximum Gasteiger partial charge on any atom is 0.305 e. The van der Waals surface area contributed by atoms with Crippen molar-refractivity contribution < 1.29 is 24.5 Å². The number of hydrogen-bond acceptors (Lipinski definition) is 5. The second-order valence-electron chi connectivity index (χ2n) is 23.2. The van der Waals surface area contributed by atoms with Crippen molar-refractivity contribution in [2.24, 2.45) is 0 Å². The number of nitrogens with one attached hydrogen (secondary N) is 1. The van der Waals surface area contributed by atoms with Crippen LogP contribution in [0.25, 0.3) is 0 Å². The minimum Gasteiger partial charge on any atom is -0.466 e. The fourth-order valence-corrected chi connectivity index (χ4v) is 10.8. The maximum absolute atomic E-state index is 12.5. The number of rotatable bonds is 63. The molecule has 0 fully saturated rings. The summed E-state index contributed by atoms with van der Waals surface area (Å²) in [5.41, 5.74) is 0. The number of ether oxygens (including phenoxy) is 1. The van der Waals surface area contributed by atoms with Crippen LogP contribution in [0.15, 0.2) is 0 Å². The molecule has 0 radical (unpaired) electrons. The molecule has 2 atom stereocenters. The Morgan fingerprint density at radius 2 is 0.569 bits per heavy atom. The van der Waals surface area contributed by atoms with Crippen LogP contribution in [0, 0.1) is 0 Å². The van der Waals surface area contributed by atoms with Crippen LogP contribution in [0.3, 0.4) is 0 Å². The minimum atomic E-state index is -0.669. The second kappa shape index (κ2) is 62.4. The molecule has 2 unspecified atom stereocenters. The highest BCUT2D eigenvalue weighted by Crippen LogP contribution is 2.19. The summed E-state index contributed by atoms with van der Waals surface area (Å²) in [5, 5.41) is 23.4. The average Bonchev–Trinajstić information content (AvgIpc) is 3.38. The summed E-state index contributed by atoms with van der Waals surface area (Å²) < 4.78 is 5.49. The Bertz CT molecular complexity index is 1040. The summed E-state index contributed by atoms with van der Waals surface area (Å²) in [7, 11) is 0. The Morgan fingerprint density at radius 3 is 0.847 bits per heavy atom. The zero-order valence-electron chi connectivity index (χ0n) is 49.2. The molecule has 430 valence electrons. The van der Waals surface area contributed by atoms with Gasteiger partial charge in [-0.15, -0.1) is 0 Å². The zero-order valence-corrected chi connectivity index (χ0v) is 49.2. The average molecular weight is 1020 g/mol. The highest BCUT2D eigenvalue weighted by molar-refractivity contribution is 5.76. The summed E-state index contributed by atoms with van der Waals surface area (Å²) in [6.45, 7) is 4.99. The predicted octanol–water partition coefficient (Wildman–Crippen LogP) is 21.0. The third kappa shape index (κ3) is 58.1. The van der Waals surface area contributed by atoms with Gasteiger partial charge in [0.05, 0.1) is 25.4 Å². The van der Waals surface area contributed by atoms with E-state index in [9.17, 15) is 19.8 Å². The van der Waals surface area contributed by atoms with E-state index in [2.05, 4.69) is 19.2 Å². The zero-order chi connectivity index (χ0) is 52.2. The molecule has 0 spiro atoms. The molecule has 0 aromatic carbocycles. The van der Waals surface area contributed by atoms with E-state index >= 15 is 0 Å². The monoisotopic (exact) mass is 1020 g/mol. The van der Waals surface area contributed by atoms with E-state index in [4.69, 9.17) is 4.74 Å². The first kappa shape index (κ1) is 70.9. The van der Waals surface area contributed by atoms with Crippen LogP contribution in [0.1, 0.15) is 386 Å². The Hall–Kier alpha value is -1.14. The van der Waals surface area contributed by atoms with Crippen molar-refractivity contribution in [3.8, 4) is 0 Å². The van der Waals surface area contributed by atoms with Crippen molar-refractivity contribution in [2.75, 3.05) is 13.2 Å². The predicted molar refractivity (Wildman–Crippen MR) is 315 cm³/mol. The SMILES string of the molecule is CCCCCCCCCCCCCCCCCCCCCCCCCC(O)C(CO)NC(=O)CCCCCCCCCCCCCCCCCCOC(=O)CCCCCCCCCCCCCCCCCC. The summed E-state index contributed by atoms with van der Waals surface area (Å²) in [6, 6.07) is -0.547. The lowest BCUT2D eigenvalue weighted by Crippen LogP contribution is -2.45. The van der Waals surface area contributed by atoms with E-state index in [0.29, 0.717) is 25.9 Å². The smallest absolute Gasteiger partial charge is 0.305 e. The molecule has 0 aliphatic heterocycles. The van der Waals surface area contributed by atoms with E-state index < -0.39 is 12.1 Å². The number of hydrogen-bond donors (Lipinski definition) is 3. The van der Waals surface area contributed by atoms with Crippen LogP contribution in [0.5, 0.6) is 0 Å². The largest absolute Gasteiger partial charge is 0.466 e. The van der Waals surface area contributed by atoms with Crippen LogP contribution < -0.4 is 5.32 Å². The van der Waals surface area contributed by atoms with Crippen molar-refractivity contribution in [2.45, 2.75) is 398 Å². The van der Waals surface area contributed by atoms with Gasteiger partial charge in [-0.2, -0.15) is 0 Å². The van der Waals surface area contributed by atoms with Crippen LogP contribution in [-0.2, 0) is 14.3 Å². The molecular weight excluding hydrogens is 887 g/mol. The first-order chi connectivity index (χ1) is 35.5. The molecule has 0 saturated heterocycles. The van der Waals surface area contributed by atoms with E-state index in [1.807, 2.05) is 0 Å². The van der Waals surface area contributed by atoms with Gasteiger partial charge in [0.1, 0.15) is 0 Å². The van der Waals surface area contributed by atoms with Crippen molar-refractivity contribution in [1.82, 2.24) is 5.32 Å². The maximum atomic E-state index is 12.5. The van der Waals surface area contributed by atoms with Crippen LogP contribution >= 0.6 is 0 Å². The van der Waals surface area contributed by atoms with Gasteiger partial charge in [0, 0.05) is 12.8 Å². The number of carbonyl (C=O) groups is 2. The van der Waals surface area contributed by atoms with Crippen molar-refractivity contribution in [1.29, 1.82) is 0 Å². The van der Waals surface area contributed by atoms with Gasteiger partial charge in [0.25, 0.3) is 0 Å². The quantitative estimate of drug-likeness (QED) is 0.0417. The van der Waals surface area contributed by atoms with Crippen LogP contribution in [-0.4, -0.2) is 47.4 Å². The topological polar surface area (TPSA) is 95.9 Å². The van der Waals surface area contributed by atoms with Gasteiger partial charge in [0.2, 0.25) is 5.91 Å². The van der Waals surface area contributed by atoms with E-state index in [1.165, 1.54) is 315 Å². The van der Waals surface area contributed by atoms with Gasteiger partial charge in [-0.1, -0.05) is 348 Å². The molecule has 0 heterocycles. The second-order valence-corrected chi connectivity index (χ2v) is 23.2. The molecule has 72 heavy (non-hydrogen) atoms. The number of esters is 1. The van der Waals surface area contributed by atoms with Crippen molar-refractivity contribution >= 4 is 11.9 Å². The van der Waals surface area contributed by atoms with Crippen molar-refractivity contribution in [3.05, 3.63) is 0 Å². The Labute approximate surface area is 451 Å². The van der Waals surface area contributed by atoms with Gasteiger partial charge in [-0.25, -0.2) is 0 Å². The molecule has 6 heteroatoms. The molecule has 0 aromatic heterocycles. The molecule has 3 N–H and O–H groups in total. The first-order valence-electron chi connectivity index (χ1n) is 33.3. The third-order valence-electron chi connectivity index (χ3n) is 15.9. The molecule has 0 bridgehead atoms. The standard InChI is InChI=1S/C66H131NO5/c1-3-5-7-9-11-13-15-17-19-21-22-23-24-25-26-27-30-34-38-42-46-50-54-58-64(69)63(62-68)67-65(70)59-55-51-47-43-39-35-31-28-29-33-37-41-45-49-53-57-61-72-66(71)60-56-52-48-44-40-36-32-20-18-16-14-12-10-8-6-4-2/h63-64,68-69H,3-62H2,1-2H3,(H,67,70). The summed E-state index contributed by atoms with van der Waals surface area (Å²) in [6.07, 6.45) is 74.1. The number of unbranched alkanes of at least 4 members (excludes halogenated alkanes) is 52. The van der Waals surface area contributed by atoms with E-state index in [0.717, 1.165) is 38.5 Å². The number of carbonyl (C=O) groups excluding carboxylic acids is 2. The van der Waals surface area contributed by atoms with Gasteiger partial charge in [0.15, 0.2) is 0 Å². The summed E-state index contributed by atoms with van der Waals surface area (Å²) in [4.78, 5) is 24.6. The van der Waals surface area contributed by atoms with Gasteiger partial charge < -0.3 is 20.3 Å². The molecule has 0 saturated carbocycles. The fourth-order valence-electron chi connectivity index (χ4n) is 10.8. The van der Waals surface area contributed by atoms with Gasteiger partial charge in [-0.3, -0.25) is 9.59 Å². The Morgan fingerprint density at radius 1 is 0.333 bits per heavy atom. The number of amides is 1. The van der Waals surface area contributed by atoms with Gasteiger partial charge >= 0.3 is 5.97 Å². The lowest BCUT2D eigenvalue weighted by atomic mass is 10.0. The molecule has 6 nitrogen and oxygen atoms in total. The lowest BCUT2D eigenvalue weighted by Gasteiger charge is -2.22. The highest BCUT2D eigenvalue weighted by Gasteiger charge is 2.20. The molecule has 0 aromatic rings. The minimum absolute atomic E-state index is 0.00837. The van der Waals surface area contributed by atoms with Gasteiger partial charge in [-0.05, 0) is 25.7 Å². The first-order valence-corrected chi connectivity index (χ1v) is 33.3. The fraction of sp³-hybridized carbons (Fsp3) is 0.970. The Balaban J connectivity index is 3.40. The summed E-state index contributed by atoms with van der Waals surface area (Å²) in [5.74, 6) is -0.0278. The molecule has 1 amide bonds. The molecule has 0 aliphatic rings.